The molecule has 10 aromatic rings. The van der Waals surface area contributed by atoms with Gasteiger partial charge in [0.2, 0.25) is 0 Å². The maximum atomic E-state index is 6.27. The van der Waals surface area contributed by atoms with Crippen LogP contribution in [0.4, 0.5) is 0 Å². The van der Waals surface area contributed by atoms with Gasteiger partial charge in [-0.2, -0.15) is 0 Å². The number of benzene rings is 6. The second-order valence-electron chi connectivity index (χ2n) is 11.4. The van der Waals surface area contributed by atoms with Gasteiger partial charge < -0.3 is 13.6 Å². The van der Waals surface area contributed by atoms with Crippen molar-refractivity contribution in [2.45, 2.75) is 0 Å². The van der Waals surface area contributed by atoms with E-state index in [1.807, 2.05) is 12.1 Å². The highest BCUT2D eigenvalue weighted by atomic mass is 16.3. The normalized spacial score (nSPS) is 12.0. The number of nitrogens with zero attached hydrogens (tertiary/aromatic N) is 4. The smallest absolute Gasteiger partial charge is 0.172 e. The number of para-hydroxylation sites is 5. The molecule has 0 aliphatic carbocycles. The summed E-state index contributed by atoms with van der Waals surface area (Å²) in [7, 11) is 0. The highest BCUT2D eigenvalue weighted by Gasteiger charge is 2.19. The molecule has 0 saturated heterocycles. The van der Waals surface area contributed by atoms with E-state index in [0.717, 1.165) is 44.5 Å². The van der Waals surface area contributed by atoms with E-state index in [9.17, 15) is 0 Å². The Morgan fingerprint density at radius 1 is 0.467 bits per heavy atom. The second-order valence-corrected chi connectivity index (χ2v) is 11.4. The van der Waals surface area contributed by atoms with Crippen molar-refractivity contribution in [2.24, 2.45) is 0 Å². The number of furan rings is 1. The molecule has 0 N–H and O–H groups in total. The Bertz CT molecular complexity index is 2670. The van der Waals surface area contributed by atoms with Gasteiger partial charge >= 0.3 is 0 Å². The molecule has 0 aliphatic heterocycles. The number of rotatable bonds is 3. The Morgan fingerprint density at radius 3 is 1.62 bits per heavy atom. The first kappa shape index (κ1) is 24.3. The highest BCUT2D eigenvalue weighted by Crippen LogP contribution is 2.38. The van der Waals surface area contributed by atoms with Crippen LogP contribution >= 0.6 is 0 Å². The van der Waals surface area contributed by atoms with Crippen LogP contribution in [0.3, 0.4) is 0 Å². The molecule has 0 amide bonds. The average Bonchev–Trinajstić information content (AvgIpc) is 3.75. The fourth-order valence-corrected chi connectivity index (χ4v) is 7.06. The van der Waals surface area contributed by atoms with Crippen molar-refractivity contribution in [3.63, 3.8) is 0 Å². The zero-order chi connectivity index (χ0) is 29.5. The van der Waals surface area contributed by atoms with Gasteiger partial charge in [-0.1, -0.05) is 84.9 Å². The van der Waals surface area contributed by atoms with Crippen molar-refractivity contribution in [1.82, 2.24) is 19.1 Å². The molecular weight excluding hydrogens is 552 g/mol. The molecule has 0 radical (unpaired) electrons. The van der Waals surface area contributed by atoms with Crippen LogP contribution in [0.1, 0.15) is 0 Å². The van der Waals surface area contributed by atoms with Crippen molar-refractivity contribution in [1.29, 1.82) is 0 Å². The summed E-state index contributed by atoms with van der Waals surface area (Å²) in [5, 5.41) is 5.87. The van der Waals surface area contributed by atoms with Gasteiger partial charge in [0, 0.05) is 38.2 Å². The molecular formula is C40H24N4O. The maximum Gasteiger partial charge on any atom is 0.172 e. The average molecular weight is 577 g/mol. The summed E-state index contributed by atoms with van der Waals surface area (Å²) in [5.41, 5.74) is 9.95. The number of aromatic nitrogens is 4. The molecule has 0 atom stereocenters. The van der Waals surface area contributed by atoms with E-state index in [1.54, 1.807) is 6.20 Å². The van der Waals surface area contributed by atoms with Gasteiger partial charge in [0.25, 0.3) is 0 Å². The lowest BCUT2D eigenvalue weighted by molar-refractivity contribution is 0.666. The molecule has 0 spiro atoms. The van der Waals surface area contributed by atoms with Crippen LogP contribution in [0, 0.1) is 0 Å². The van der Waals surface area contributed by atoms with E-state index in [-0.39, 0.29) is 0 Å². The van der Waals surface area contributed by atoms with Gasteiger partial charge in [0.1, 0.15) is 11.1 Å². The van der Waals surface area contributed by atoms with Crippen molar-refractivity contribution in [3.8, 4) is 22.8 Å². The Balaban J connectivity index is 1.20. The zero-order valence-corrected chi connectivity index (χ0v) is 24.1. The van der Waals surface area contributed by atoms with E-state index < -0.39 is 0 Å². The molecule has 6 aromatic carbocycles. The van der Waals surface area contributed by atoms with Gasteiger partial charge in [-0.05, 0) is 54.6 Å². The minimum Gasteiger partial charge on any atom is -0.453 e. The topological polar surface area (TPSA) is 48.8 Å². The van der Waals surface area contributed by atoms with E-state index in [0.29, 0.717) is 11.4 Å². The summed E-state index contributed by atoms with van der Waals surface area (Å²) in [6.07, 6.45) is 1.81. The Morgan fingerprint density at radius 2 is 1.00 bits per heavy atom. The third-order valence-electron chi connectivity index (χ3n) is 9.00. The predicted molar refractivity (Wildman–Crippen MR) is 183 cm³/mol. The molecule has 45 heavy (non-hydrogen) atoms. The largest absolute Gasteiger partial charge is 0.453 e. The van der Waals surface area contributed by atoms with Gasteiger partial charge in [0.15, 0.2) is 11.4 Å². The lowest BCUT2D eigenvalue weighted by atomic mass is 10.1. The number of hydrogen-bond acceptors (Lipinski definition) is 3. The van der Waals surface area contributed by atoms with Crippen LogP contribution in [0.5, 0.6) is 0 Å². The second kappa shape index (κ2) is 9.15. The molecule has 0 fully saturated rings. The van der Waals surface area contributed by atoms with E-state index in [1.165, 1.54) is 32.6 Å². The first-order valence-electron chi connectivity index (χ1n) is 15.1. The summed E-state index contributed by atoms with van der Waals surface area (Å²) < 4.78 is 10.9. The molecule has 4 aromatic heterocycles. The standard InChI is InChI=1S/C40H24N4O/c1-6-16-32-26(11-1)27-12-2-7-17-33(27)43(32)25-21-22-37-31(23-25)39-38(45-37)24-41-40(42-39)30-15-5-10-20-36(30)44-34-18-8-3-13-28(34)29-14-4-9-19-35(29)44/h1-24H. The van der Waals surface area contributed by atoms with Crippen LogP contribution in [0.25, 0.3) is 88.4 Å². The van der Waals surface area contributed by atoms with E-state index in [2.05, 4.69) is 137 Å². The summed E-state index contributed by atoms with van der Waals surface area (Å²) in [5.74, 6) is 0.657. The number of fused-ring (bicyclic) bond motifs is 9. The van der Waals surface area contributed by atoms with Gasteiger partial charge in [0.05, 0.1) is 34.0 Å². The van der Waals surface area contributed by atoms with Gasteiger partial charge in [-0.15, -0.1) is 0 Å². The third kappa shape index (κ3) is 3.43. The molecule has 5 heteroatoms. The summed E-state index contributed by atoms with van der Waals surface area (Å²) in [6, 6.07) is 49.0. The van der Waals surface area contributed by atoms with Gasteiger partial charge in [-0.3, -0.25) is 0 Å². The first-order valence-corrected chi connectivity index (χ1v) is 15.1. The summed E-state index contributed by atoms with van der Waals surface area (Å²) in [6.45, 7) is 0. The summed E-state index contributed by atoms with van der Waals surface area (Å²) in [4.78, 5) is 10.0. The molecule has 0 aliphatic rings. The Labute approximate surface area is 257 Å². The van der Waals surface area contributed by atoms with Crippen LogP contribution in [0.2, 0.25) is 0 Å². The van der Waals surface area contributed by atoms with Crippen molar-refractivity contribution in [2.75, 3.05) is 0 Å². The molecule has 0 saturated carbocycles. The Hall–Kier alpha value is -6.20. The van der Waals surface area contributed by atoms with Gasteiger partial charge in [-0.25, -0.2) is 9.97 Å². The minimum atomic E-state index is 0.657. The van der Waals surface area contributed by atoms with Crippen LogP contribution in [-0.4, -0.2) is 19.1 Å². The van der Waals surface area contributed by atoms with Crippen molar-refractivity contribution in [3.05, 3.63) is 146 Å². The highest BCUT2D eigenvalue weighted by molar-refractivity contribution is 6.11. The first-order chi connectivity index (χ1) is 22.3. The quantitative estimate of drug-likeness (QED) is 0.210. The van der Waals surface area contributed by atoms with Crippen LogP contribution in [0.15, 0.2) is 150 Å². The lowest BCUT2D eigenvalue weighted by Crippen LogP contribution is -1.99. The molecule has 10 rings (SSSR count). The fraction of sp³-hybridized carbons (Fsp3) is 0. The fourth-order valence-electron chi connectivity index (χ4n) is 7.06. The molecule has 0 bridgehead atoms. The molecule has 210 valence electrons. The molecule has 5 nitrogen and oxygen atoms in total. The SMILES string of the molecule is c1ccc(-n2c3ccccc3c3ccccc32)c(-c2ncc3oc4ccc(-n5c6ccccc6c6ccccc65)cc4c3n2)c1. The van der Waals surface area contributed by atoms with Crippen LogP contribution in [-0.2, 0) is 0 Å². The van der Waals surface area contributed by atoms with Crippen molar-refractivity contribution >= 4 is 65.7 Å². The zero-order valence-electron chi connectivity index (χ0n) is 24.1. The predicted octanol–water partition coefficient (Wildman–Crippen LogP) is 10.2. The number of hydrogen-bond donors (Lipinski definition) is 0. The monoisotopic (exact) mass is 576 g/mol. The minimum absolute atomic E-state index is 0.657. The van der Waals surface area contributed by atoms with Crippen molar-refractivity contribution < 1.29 is 4.42 Å². The summed E-state index contributed by atoms with van der Waals surface area (Å²) >= 11 is 0. The molecule has 0 unspecified atom stereocenters. The van der Waals surface area contributed by atoms with E-state index in [4.69, 9.17) is 14.4 Å². The maximum absolute atomic E-state index is 6.27. The van der Waals surface area contributed by atoms with Crippen LogP contribution < -0.4 is 0 Å². The van der Waals surface area contributed by atoms with E-state index >= 15 is 0 Å². The lowest BCUT2D eigenvalue weighted by Gasteiger charge is -2.12. The third-order valence-corrected chi connectivity index (χ3v) is 9.00. The molecule has 4 heterocycles. The Kier molecular flexibility index (Phi) is 4.93.